The second-order valence-electron chi connectivity index (χ2n) is 11.2. The average Bonchev–Trinajstić information content (AvgIpc) is 3.46. The second-order valence-corrected chi connectivity index (χ2v) is 14.5. The normalized spacial score (nSPS) is 14.5. The number of para-hydroxylation sites is 2. The Morgan fingerprint density at radius 2 is 1.24 bits per heavy atom. The fraction of sp³-hybridized carbons (Fsp3) is 0.0769. The van der Waals surface area contributed by atoms with Crippen LogP contribution in [0.3, 0.4) is 0 Å². The molecule has 0 saturated carbocycles. The Balaban J connectivity index is 1.50. The van der Waals surface area contributed by atoms with Gasteiger partial charge in [0, 0.05) is 33.4 Å². The van der Waals surface area contributed by atoms with Crippen LogP contribution in [0.5, 0.6) is 0 Å². The number of benzene rings is 6. The summed E-state index contributed by atoms with van der Waals surface area (Å²) < 4.78 is 3.99. The molecule has 0 amide bonds. The van der Waals surface area contributed by atoms with Gasteiger partial charge in [0.25, 0.3) is 0 Å². The summed E-state index contributed by atoms with van der Waals surface area (Å²) in [7, 11) is -1.53. The lowest BCUT2D eigenvalue weighted by Gasteiger charge is -2.39. The number of allylic oxidation sites excluding steroid dienone is 1. The predicted molar refractivity (Wildman–Crippen MR) is 184 cm³/mol. The number of hydrogen-bond acceptors (Lipinski definition) is 2. The van der Waals surface area contributed by atoms with Gasteiger partial charge in [-0.15, -0.1) is 10.2 Å². The minimum Gasteiger partial charge on any atom is -0.355 e. The lowest BCUT2D eigenvalue weighted by atomic mass is 9.89. The largest absolute Gasteiger partial charge is 0.355 e. The zero-order valence-electron chi connectivity index (χ0n) is 23.9. The van der Waals surface area contributed by atoms with Crippen LogP contribution >= 0.6 is 10.2 Å². The molecule has 0 radical (unpaired) electrons. The summed E-state index contributed by atoms with van der Waals surface area (Å²) in [6.07, 6.45) is 9.44. The van der Waals surface area contributed by atoms with Crippen molar-refractivity contribution in [3.63, 3.8) is 0 Å². The van der Waals surface area contributed by atoms with Gasteiger partial charge >= 0.3 is 0 Å². The van der Waals surface area contributed by atoms with E-state index in [-0.39, 0.29) is 5.92 Å². The number of anilines is 3. The van der Waals surface area contributed by atoms with E-state index in [4.69, 9.17) is 0 Å². The Morgan fingerprint density at radius 1 is 0.571 bits per heavy atom. The van der Waals surface area contributed by atoms with Crippen molar-refractivity contribution in [2.45, 2.75) is 10.8 Å². The first kappa shape index (κ1) is 26.2. The maximum Gasteiger partial charge on any atom is 0.0470 e. The van der Waals surface area contributed by atoms with Crippen molar-refractivity contribution in [3.8, 4) is 11.1 Å². The SMILES string of the molecule is CS(C)(Nc1ccccc1)c1c(-c2c(Nc3ccccc3)ccc3ccccc23)cccc1C1C=Cc2ccccc21. The molecule has 0 heterocycles. The van der Waals surface area contributed by atoms with Crippen molar-refractivity contribution in [3.05, 3.63) is 162 Å². The lowest BCUT2D eigenvalue weighted by molar-refractivity contribution is 1.01. The van der Waals surface area contributed by atoms with Crippen LogP contribution in [0.2, 0.25) is 0 Å². The van der Waals surface area contributed by atoms with E-state index in [0.717, 1.165) is 17.1 Å². The van der Waals surface area contributed by atoms with Crippen LogP contribution in [0.15, 0.2) is 150 Å². The Bertz CT molecular complexity index is 1910. The van der Waals surface area contributed by atoms with E-state index in [0.29, 0.717) is 0 Å². The Kier molecular flexibility index (Phi) is 6.81. The van der Waals surface area contributed by atoms with Gasteiger partial charge in [0.15, 0.2) is 0 Å². The molecule has 6 aromatic rings. The highest BCUT2D eigenvalue weighted by Gasteiger charge is 2.30. The number of hydrogen-bond donors (Lipinski definition) is 2. The average molecular weight is 563 g/mol. The van der Waals surface area contributed by atoms with Crippen molar-refractivity contribution >= 4 is 44.1 Å². The molecule has 2 N–H and O–H groups in total. The summed E-state index contributed by atoms with van der Waals surface area (Å²) in [5.74, 6) is 0.195. The van der Waals surface area contributed by atoms with Crippen LogP contribution in [-0.2, 0) is 0 Å². The molecule has 1 atom stereocenters. The number of fused-ring (bicyclic) bond motifs is 2. The highest BCUT2D eigenvalue weighted by atomic mass is 32.3. The van der Waals surface area contributed by atoms with E-state index >= 15 is 0 Å². The quantitative estimate of drug-likeness (QED) is 0.202. The summed E-state index contributed by atoms with van der Waals surface area (Å²) in [4.78, 5) is 1.38. The van der Waals surface area contributed by atoms with Gasteiger partial charge in [-0.3, -0.25) is 0 Å². The fourth-order valence-corrected chi connectivity index (χ4v) is 8.61. The van der Waals surface area contributed by atoms with E-state index in [2.05, 4.69) is 174 Å². The van der Waals surface area contributed by atoms with Crippen LogP contribution in [0.1, 0.15) is 22.6 Å². The van der Waals surface area contributed by atoms with Crippen LogP contribution in [-0.4, -0.2) is 12.5 Å². The fourth-order valence-electron chi connectivity index (χ4n) is 6.28. The maximum absolute atomic E-state index is 3.99. The monoisotopic (exact) mass is 562 g/mol. The molecule has 206 valence electrons. The van der Waals surface area contributed by atoms with Crippen LogP contribution in [0.25, 0.3) is 28.0 Å². The first-order valence-electron chi connectivity index (χ1n) is 14.4. The first-order chi connectivity index (χ1) is 20.6. The molecule has 7 rings (SSSR count). The number of rotatable bonds is 7. The van der Waals surface area contributed by atoms with Gasteiger partial charge in [-0.2, -0.15) is 0 Å². The van der Waals surface area contributed by atoms with E-state index in [1.54, 1.807) is 0 Å². The van der Waals surface area contributed by atoms with Gasteiger partial charge in [-0.1, -0.05) is 121 Å². The second kappa shape index (κ2) is 10.9. The molecule has 0 aromatic heterocycles. The summed E-state index contributed by atoms with van der Waals surface area (Å²) in [5, 5.41) is 6.25. The van der Waals surface area contributed by atoms with E-state index < -0.39 is 10.2 Å². The summed E-state index contributed by atoms with van der Waals surface area (Å²) in [6, 6.07) is 50.0. The smallest absolute Gasteiger partial charge is 0.0470 e. The molecular weight excluding hydrogens is 529 g/mol. The van der Waals surface area contributed by atoms with Crippen molar-refractivity contribution in [1.82, 2.24) is 0 Å². The standard InChI is InChI=1S/C39H34N2S/c1-42(2,41-31-18-7-4-8-19-31)39-35(34-26-24-28-14-9-11-20-32(28)34)22-13-23-36(39)38-33-21-12-10-15-29(33)25-27-37(38)40-30-16-5-3-6-17-30/h3-27,34,40-41H,1-2H3. The third-order valence-electron chi connectivity index (χ3n) is 8.09. The zero-order chi connectivity index (χ0) is 28.5. The molecule has 1 aliphatic rings. The van der Waals surface area contributed by atoms with Crippen molar-refractivity contribution < 1.29 is 0 Å². The molecule has 1 aliphatic carbocycles. The number of nitrogens with one attached hydrogen (secondary N) is 2. The summed E-state index contributed by atoms with van der Waals surface area (Å²) in [5.41, 5.74) is 9.86. The van der Waals surface area contributed by atoms with E-state index in [9.17, 15) is 0 Å². The van der Waals surface area contributed by atoms with Gasteiger partial charge in [0.1, 0.15) is 0 Å². The zero-order valence-corrected chi connectivity index (χ0v) is 24.7. The molecule has 42 heavy (non-hydrogen) atoms. The topological polar surface area (TPSA) is 24.1 Å². The predicted octanol–water partition coefficient (Wildman–Crippen LogP) is 10.9. The van der Waals surface area contributed by atoms with E-state index in [1.165, 1.54) is 43.5 Å². The minimum absolute atomic E-state index is 0.195. The maximum atomic E-state index is 3.99. The van der Waals surface area contributed by atoms with Crippen molar-refractivity contribution in [1.29, 1.82) is 0 Å². The molecule has 0 bridgehead atoms. The molecule has 0 fully saturated rings. The molecule has 2 nitrogen and oxygen atoms in total. The van der Waals surface area contributed by atoms with E-state index in [1.807, 2.05) is 0 Å². The van der Waals surface area contributed by atoms with Crippen LogP contribution in [0, 0.1) is 0 Å². The Morgan fingerprint density at radius 3 is 2.05 bits per heavy atom. The Hall–Kier alpha value is -4.73. The molecule has 3 heteroatoms. The molecule has 0 spiro atoms. The third kappa shape index (κ3) is 4.87. The van der Waals surface area contributed by atoms with Crippen molar-refractivity contribution in [2.24, 2.45) is 0 Å². The molecular formula is C39H34N2S. The van der Waals surface area contributed by atoms with Gasteiger partial charge < -0.3 is 10.0 Å². The minimum atomic E-state index is -1.53. The summed E-state index contributed by atoms with van der Waals surface area (Å²) >= 11 is 0. The highest BCUT2D eigenvalue weighted by Crippen LogP contribution is 2.58. The third-order valence-corrected chi connectivity index (χ3v) is 10.3. The highest BCUT2D eigenvalue weighted by molar-refractivity contribution is 8.33. The molecule has 6 aromatic carbocycles. The first-order valence-corrected chi connectivity index (χ1v) is 16.8. The van der Waals surface area contributed by atoms with Gasteiger partial charge in [-0.05, 0) is 75.9 Å². The van der Waals surface area contributed by atoms with Crippen LogP contribution in [0.4, 0.5) is 17.1 Å². The summed E-state index contributed by atoms with van der Waals surface area (Å²) in [6.45, 7) is 0. The Labute approximate surface area is 250 Å². The molecule has 0 saturated heterocycles. The van der Waals surface area contributed by atoms with Gasteiger partial charge in [0.05, 0.1) is 0 Å². The van der Waals surface area contributed by atoms with Gasteiger partial charge in [0.2, 0.25) is 0 Å². The van der Waals surface area contributed by atoms with Gasteiger partial charge in [-0.25, -0.2) is 0 Å². The molecule has 0 aliphatic heterocycles. The van der Waals surface area contributed by atoms with Crippen LogP contribution < -0.4 is 10.0 Å². The van der Waals surface area contributed by atoms with Crippen molar-refractivity contribution in [2.75, 3.05) is 22.6 Å². The molecule has 1 unspecified atom stereocenters. The lowest BCUT2D eigenvalue weighted by Crippen LogP contribution is -2.14.